The van der Waals surface area contributed by atoms with Crippen LogP contribution in [0.3, 0.4) is 0 Å². The van der Waals surface area contributed by atoms with Crippen molar-refractivity contribution in [2.24, 2.45) is 7.05 Å². The first-order valence-corrected chi connectivity index (χ1v) is 9.17. The van der Waals surface area contributed by atoms with Crippen molar-refractivity contribution >= 4 is 15.9 Å². The van der Waals surface area contributed by atoms with E-state index in [1.54, 1.807) is 11.0 Å². The van der Waals surface area contributed by atoms with Crippen molar-refractivity contribution in [2.45, 2.75) is 12.1 Å². The molecule has 2 saturated heterocycles. The number of carbonyl (C=O) groups excluding carboxylic acids is 1. The third-order valence-electron chi connectivity index (χ3n) is 4.37. The summed E-state index contributed by atoms with van der Waals surface area (Å²) in [7, 11) is -1.81. The Morgan fingerprint density at radius 1 is 1.30 bits per heavy atom. The highest BCUT2D eigenvalue weighted by molar-refractivity contribution is 7.88. The second-order valence-corrected chi connectivity index (χ2v) is 7.80. The zero-order valence-corrected chi connectivity index (χ0v) is 13.8. The molecule has 1 amide bonds. The van der Waals surface area contributed by atoms with Crippen molar-refractivity contribution in [1.29, 1.82) is 0 Å². The highest BCUT2D eigenvalue weighted by Gasteiger charge is 2.45. The molecular weight excluding hydrogens is 322 g/mol. The Morgan fingerprint density at radius 3 is 2.74 bits per heavy atom. The molecular formula is C14H19N3O5S. The maximum atomic E-state index is 12.7. The lowest BCUT2D eigenvalue weighted by Crippen LogP contribution is -2.52. The summed E-state index contributed by atoms with van der Waals surface area (Å²) in [6, 6.07) is 4.14. The topological polar surface area (TPSA) is 88.9 Å². The molecule has 0 radical (unpaired) electrons. The monoisotopic (exact) mass is 341 g/mol. The lowest BCUT2D eigenvalue weighted by molar-refractivity contribution is -0.0157. The van der Waals surface area contributed by atoms with Gasteiger partial charge in [0.2, 0.25) is 10.0 Å². The first-order valence-electron chi connectivity index (χ1n) is 7.33. The molecule has 0 spiro atoms. The molecule has 23 heavy (non-hydrogen) atoms. The van der Waals surface area contributed by atoms with Gasteiger partial charge in [0.15, 0.2) is 0 Å². The highest BCUT2D eigenvalue weighted by Crippen LogP contribution is 2.25. The molecule has 2 aliphatic rings. The van der Waals surface area contributed by atoms with Crippen LogP contribution in [0.1, 0.15) is 10.5 Å². The molecule has 2 atom stereocenters. The number of fused-ring (bicyclic) bond motifs is 1. The molecule has 0 unspecified atom stereocenters. The summed E-state index contributed by atoms with van der Waals surface area (Å²) in [4.78, 5) is 25.9. The van der Waals surface area contributed by atoms with E-state index in [9.17, 15) is 18.0 Å². The Labute approximate surface area is 134 Å². The summed E-state index contributed by atoms with van der Waals surface area (Å²) in [6.07, 6.45) is 0.837. The van der Waals surface area contributed by atoms with Gasteiger partial charge < -0.3 is 14.2 Å². The summed E-state index contributed by atoms with van der Waals surface area (Å²) in [6.45, 7) is 1.20. The number of carbonyl (C=O) groups is 1. The average molecular weight is 341 g/mol. The van der Waals surface area contributed by atoms with E-state index >= 15 is 0 Å². The van der Waals surface area contributed by atoms with Crippen LogP contribution in [-0.4, -0.2) is 72.7 Å². The average Bonchev–Trinajstić information content (AvgIpc) is 2.92. The fourth-order valence-corrected chi connectivity index (χ4v) is 4.28. The fourth-order valence-electron chi connectivity index (χ4n) is 3.18. The van der Waals surface area contributed by atoms with Gasteiger partial charge >= 0.3 is 0 Å². The number of nitrogens with zero attached hydrogens (tertiary/aromatic N) is 3. The minimum atomic E-state index is -3.35. The summed E-state index contributed by atoms with van der Waals surface area (Å²) >= 11 is 0. The standard InChI is InChI=1S/C14H19N3O5S/c1-15-10(4-3-5-13(15)18)14(19)16-8-11-12(9-16)22-7-6-17(11)23(2,20)21/h3-5,11-12H,6-9H2,1-2H3/t11-,12+/m1/s1. The summed E-state index contributed by atoms with van der Waals surface area (Å²) < 4.78 is 32.1. The van der Waals surface area contributed by atoms with Crippen LogP contribution in [0, 0.1) is 0 Å². The number of sulfonamides is 1. The van der Waals surface area contributed by atoms with Crippen LogP contribution in [0.4, 0.5) is 0 Å². The summed E-state index contributed by atoms with van der Waals surface area (Å²) in [5, 5.41) is 0. The number of pyridine rings is 1. The van der Waals surface area contributed by atoms with Crippen molar-refractivity contribution in [1.82, 2.24) is 13.8 Å². The van der Waals surface area contributed by atoms with Gasteiger partial charge in [-0.25, -0.2) is 8.42 Å². The Hall–Kier alpha value is -1.71. The lowest BCUT2D eigenvalue weighted by Gasteiger charge is -2.34. The molecule has 2 aliphatic heterocycles. The third-order valence-corrected chi connectivity index (χ3v) is 5.67. The summed E-state index contributed by atoms with van der Waals surface area (Å²) in [5.74, 6) is -0.295. The largest absolute Gasteiger partial charge is 0.373 e. The fraction of sp³-hybridized carbons (Fsp3) is 0.571. The van der Waals surface area contributed by atoms with Gasteiger partial charge in [0.25, 0.3) is 11.5 Å². The molecule has 9 heteroatoms. The number of likely N-dealkylation sites (tertiary alicyclic amines) is 1. The van der Waals surface area contributed by atoms with Crippen molar-refractivity contribution in [3.63, 3.8) is 0 Å². The second-order valence-electron chi connectivity index (χ2n) is 5.87. The van der Waals surface area contributed by atoms with Gasteiger partial charge in [-0.1, -0.05) is 6.07 Å². The number of hydrogen-bond donors (Lipinski definition) is 0. The Bertz CT molecular complexity index is 788. The van der Waals surface area contributed by atoms with Gasteiger partial charge in [0.1, 0.15) is 5.69 Å². The van der Waals surface area contributed by atoms with Gasteiger partial charge in [0.05, 0.1) is 25.0 Å². The molecule has 0 aliphatic carbocycles. The van der Waals surface area contributed by atoms with Crippen molar-refractivity contribution < 1.29 is 17.9 Å². The molecule has 1 aromatic rings. The molecule has 0 aromatic carbocycles. The minimum absolute atomic E-state index is 0.263. The van der Waals surface area contributed by atoms with Gasteiger partial charge in [-0.2, -0.15) is 4.31 Å². The predicted octanol–water partition coefficient (Wildman–Crippen LogP) is -1.13. The summed E-state index contributed by atoms with van der Waals surface area (Å²) in [5.41, 5.74) is 0.0172. The molecule has 3 rings (SSSR count). The van der Waals surface area contributed by atoms with E-state index in [0.717, 1.165) is 0 Å². The molecule has 0 bridgehead atoms. The number of rotatable bonds is 2. The van der Waals surface area contributed by atoms with Crippen molar-refractivity contribution in [3.05, 3.63) is 34.2 Å². The van der Waals surface area contributed by atoms with Crippen LogP contribution < -0.4 is 5.56 Å². The van der Waals surface area contributed by atoms with Gasteiger partial charge in [-0.05, 0) is 6.07 Å². The van der Waals surface area contributed by atoms with Crippen molar-refractivity contribution in [3.8, 4) is 0 Å². The quantitative estimate of drug-likeness (QED) is 0.679. The van der Waals surface area contributed by atoms with E-state index in [4.69, 9.17) is 4.74 Å². The van der Waals surface area contributed by atoms with E-state index in [1.165, 1.54) is 34.3 Å². The second kappa shape index (κ2) is 5.73. The SMILES string of the molecule is Cn1c(C(=O)N2C[C@@H]3OCCN(S(C)(=O)=O)[C@@H]3C2)cccc1=O. The zero-order chi connectivity index (χ0) is 16.8. The molecule has 126 valence electrons. The Morgan fingerprint density at radius 2 is 2.04 bits per heavy atom. The molecule has 3 heterocycles. The Balaban J connectivity index is 1.85. The molecule has 8 nitrogen and oxygen atoms in total. The number of morpholine rings is 1. The Kier molecular flexibility index (Phi) is 4.03. The number of aromatic nitrogens is 1. The lowest BCUT2D eigenvalue weighted by atomic mass is 10.2. The maximum Gasteiger partial charge on any atom is 0.270 e. The molecule has 0 N–H and O–H groups in total. The third kappa shape index (κ3) is 2.91. The maximum absolute atomic E-state index is 12.7. The smallest absolute Gasteiger partial charge is 0.270 e. The first-order chi connectivity index (χ1) is 10.8. The van der Waals surface area contributed by atoms with Crippen LogP contribution in [0.15, 0.2) is 23.0 Å². The van der Waals surface area contributed by atoms with E-state index in [2.05, 4.69) is 0 Å². The van der Waals surface area contributed by atoms with Crippen molar-refractivity contribution in [2.75, 3.05) is 32.5 Å². The van der Waals surface area contributed by atoms with Crippen LogP contribution in [0.5, 0.6) is 0 Å². The van der Waals surface area contributed by atoms with E-state index in [-0.39, 0.29) is 35.9 Å². The van der Waals surface area contributed by atoms with Gasteiger partial charge in [-0.3, -0.25) is 9.59 Å². The molecule has 1 aromatic heterocycles. The van der Waals surface area contributed by atoms with Crippen LogP contribution in [0.2, 0.25) is 0 Å². The van der Waals surface area contributed by atoms with Gasteiger partial charge in [-0.15, -0.1) is 0 Å². The highest BCUT2D eigenvalue weighted by atomic mass is 32.2. The van der Waals surface area contributed by atoms with E-state index < -0.39 is 10.0 Å². The van der Waals surface area contributed by atoms with Gasteiger partial charge in [0, 0.05) is 32.7 Å². The van der Waals surface area contributed by atoms with Crippen LogP contribution >= 0.6 is 0 Å². The normalized spacial score (nSPS) is 25.4. The van der Waals surface area contributed by atoms with E-state index in [1.807, 2.05) is 0 Å². The number of amides is 1. The van der Waals surface area contributed by atoms with Crippen LogP contribution in [-0.2, 0) is 21.8 Å². The predicted molar refractivity (Wildman–Crippen MR) is 82.7 cm³/mol. The minimum Gasteiger partial charge on any atom is -0.373 e. The molecule has 2 fully saturated rings. The molecule has 0 saturated carbocycles. The first kappa shape index (κ1) is 16.2. The number of ether oxygens (including phenoxy) is 1. The number of hydrogen-bond acceptors (Lipinski definition) is 5. The van der Waals surface area contributed by atoms with E-state index in [0.29, 0.717) is 19.7 Å². The zero-order valence-electron chi connectivity index (χ0n) is 13.0. The van der Waals surface area contributed by atoms with Crippen LogP contribution in [0.25, 0.3) is 0 Å².